The third kappa shape index (κ3) is 4.19. The fraction of sp³-hybridized carbons (Fsp3) is 0.941. The van der Waals surface area contributed by atoms with Gasteiger partial charge in [0.05, 0.1) is 6.04 Å². The smallest absolute Gasteiger partial charge is 0.237 e. The van der Waals surface area contributed by atoms with Gasteiger partial charge < -0.3 is 11.1 Å². The van der Waals surface area contributed by atoms with Crippen LogP contribution in [-0.4, -0.2) is 42.0 Å². The van der Waals surface area contributed by atoms with Crippen LogP contribution in [0.5, 0.6) is 0 Å². The first-order valence-electron chi connectivity index (χ1n) is 8.93. The van der Waals surface area contributed by atoms with E-state index in [-0.39, 0.29) is 11.9 Å². The summed E-state index contributed by atoms with van der Waals surface area (Å²) in [5.74, 6) is 0.779. The molecule has 0 heterocycles. The van der Waals surface area contributed by atoms with Crippen LogP contribution in [0.2, 0.25) is 0 Å². The van der Waals surface area contributed by atoms with Gasteiger partial charge in [-0.25, -0.2) is 0 Å². The van der Waals surface area contributed by atoms with Gasteiger partial charge >= 0.3 is 0 Å². The molecular formula is C17H33N3O. The van der Waals surface area contributed by atoms with E-state index in [1.807, 2.05) is 0 Å². The Balaban J connectivity index is 1.91. The minimum atomic E-state index is -0.0333. The molecule has 2 rings (SSSR count). The van der Waals surface area contributed by atoms with Crippen molar-refractivity contribution in [2.75, 3.05) is 13.1 Å². The maximum atomic E-state index is 12.6. The Kier molecular flexibility index (Phi) is 6.49. The fourth-order valence-electron chi connectivity index (χ4n) is 4.24. The maximum absolute atomic E-state index is 12.6. The van der Waals surface area contributed by atoms with Gasteiger partial charge in [0.1, 0.15) is 0 Å². The van der Waals surface area contributed by atoms with Gasteiger partial charge in [-0.3, -0.25) is 9.69 Å². The molecule has 0 spiro atoms. The molecule has 0 aromatic rings. The molecule has 4 heteroatoms. The molecule has 0 aromatic heterocycles. The Morgan fingerprint density at radius 3 is 2.52 bits per heavy atom. The van der Waals surface area contributed by atoms with Crippen LogP contribution in [0.3, 0.4) is 0 Å². The van der Waals surface area contributed by atoms with Gasteiger partial charge in [-0.2, -0.15) is 0 Å². The largest absolute Gasteiger partial charge is 0.352 e. The van der Waals surface area contributed by atoms with Crippen LogP contribution in [0.25, 0.3) is 0 Å². The Labute approximate surface area is 129 Å². The van der Waals surface area contributed by atoms with E-state index in [4.69, 9.17) is 5.73 Å². The predicted molar refractivity (Wildman–Crippen MR) is 87.0 cm³/mol. The fourth-order valence-corrected chi connectivity index (χ4v) is 4.24. The zero-order chi connectivity index (χ0) is 15.2. The second-order valence-electron chi connectivity index (χ2n) is 6.84. The van der Waals surface area contributed by atoms with Crippen molar-refractivity contribution in [1.29, 1.82) is 0 Å². The number of amides is 1. The normalized spacial score (nSPS) is 28.8. The van der Waals surface area contributed by atoms with Crippen molar-refractivity contribution >= 4 is 5.91 Å². The monoisotopic (exact) mass is 295 g/mol. The van der Waals surface area contributed by atoms with Crippen molar-refractivity contribution in [3.8, 4) is 0 Å². The molecular weight excluding hydrogens is 262 g/mol. The zero-order valence-corrected chi connectivity index (χ0v) is 13.8. The molecule has 4 nitrogen and oxygen atoms in total. The number of hydrogen-bond donors (Lipinski definition) is 2. The highest BCUT2D eigenvalue weighted by molar-refractivity contribution is 5.81. The lowest BCUT2D eigenvalue weighted by Gasteiger charge is -2.36. The van der Waals surface area contributed by atoms with Crippen LogP contribution in [0.4, 0.5) is 0 Å². The number of likely N-dealkylation sites (N-methyl/N-ethyl adjacent to an activating group) is 1. The third-order valence-electron chi connectivity index (χ3n) is 5.54. The van der Waals surface area contributed by atoms with E-state index in [1.165, 1.54) is 38.5 Å². The highest BCUT2D eigenvalue weighted by atomic mass is 16.2. The van der Waals surface area contributed by atoms with Crippen molar-refractivity contribution in [3.05, 3.63) is 0 Å². The summed E-state index contributed by atoms with van der Waals surface area (Å²) in [5.41, 5.74) is 5.92. The Morgan fingerprint density at radius 1 is 1.19 bits per heavy atom. The van der Waals surface area contributed by atoms with Crippen molar-refractivity contribution < 1.29 is 4.79 Å². The molecule has 3 unspecified atom stereocenters. The summed E-state index contributed by atoms with van der Waals surface area (Å²) in [5, 5.41) is 3.28. The third-order valence-corrected chi connectivity index (χ3v) is 5.54. The number of carbonyl (C=O) groups excluding carboxylic acids is 1. The van der Waals surface area contributed by atoms with E-state index in [9.17, 15) is 4.79 Å². The predicted octanol–water partition coefficient (Wildman–Crippen LogP) is 2.27. The van der Waals surface area contributed by atoms with E-state index in [1.54, 1.807) is 0 Å². The number of carbonyl (C=O) groups is 1. The van der Waals surface area contributed by atoms with Gasteiger partial charge in [-0.1, -0.05) is 32.6 Å². The number of nitrogens with zero attached hydrogens (tertiary/aromatic N) is 1. The molecule has 21 heavy (non-hydrogen) atoms. The van der Waals surface area contributed by atoms with Crippen molar-refractivity contribution in [2.45, 2.75) is 83.3 Å². The second-order valence-corrected chi connectivity index (χ2v) is 6.84. The van der Waals surface area contributed by atoms with Crippen LogP contribution in [0, 0.1) is 5.92 Å². The Bertz CT molecular complexity index is 328. The van der Waals surface area contributed by atoms with Crippen molar-refractivity contribution in [1.82, 2.24) is 10.2 Å². The van der Waals surface area contributed by atoms with Crippen LogP contribution >= 0.6 is 0 Å². The van der Waals surface area contributed by atoms with Gasteiger partial charge in [0.15, 0.2) is 0 Å². The average molecular weight is 295 g/mol. The van der Waals surface area contributed by atoms with E-state index in [0.717, 1.165) is 25.9 Å². The molecule has 0 radical (unpaired) electrons. The van der Waals surface area contributed by atoms with Gasteiger partial charge in [0.25, 0.3) is 0 Å². The van der Waals surface area contributed by atoms with E-state index in [2.05, 4.69) is 24.1 Å². The van der Waals surface area contributed by atoms with Crippen LogP contribution < -0.4 is 11.1 Å². The minimum Gasteiger partial charge on any atom is -0.352 e. The maximum Gasteiger partial charge on any atom is 0.237 e. The number of rotatable bonds is 6. The SMILES string of the molecule is CCN(C(C)C(=O)NC1CCCCC1)C1CCCC1CN. The summed E-state index contributed by atoms with van der Waals surface area (Å²) < 4.78 is 0. The number of nitrogens with two attached hydrogens (primary N) is 1. The lowest BCUT2D eigenvalue weighted by molar-refractivity contribution is -0.128. The summed E-state index contributed by atoms with van der Waals surface area (Å²) >= 11 is 0. The molecule has 2 aliphatic rings. The highest BCUT2D eigenvalue weighted by Crippen LogP contribution is 2.30. The summed E-state index contributed by atoms with van der Waals surface area (Å²) in [7, 11) is 0. The molecule has 2 saturated carbocycles. The van der Waals surface area contributed by atoms with Crippen LogP contribution in [0.15, 0.2) is 0 Å². The molecule has 3 atom stereocenters. The van der Waals surface area contributed by atoms with Gasteiger partial charge in [0, 0.05) is 12.1 Å². The topological polar surface area (TPSA) is 58.4 Å². The highest BCUT2D eigenvalue weighted by Gasteiger charge is 2.35. The van der Waals surface area contributed by atoms with E-state index in [0.29, 0.717) is 18.0 Å². The van der Waals surface area contributed by atoms with Gasteiger partial charge in [-0.05, 0) is 51.6 Å². The average Bonchev–Trinajstić information content (AvgIpc) is 2.97. The zero-order valence-electron chi connectivity index (χ0n) is 13.8. The minimum absolute atomic E-state index is 0.0333. The standard InChI is InChI=1S/C17H33N3O/c1-3-20(16-11-7-8-14(16)12-18)13(2)17(21)19-15-9-5-4-6-10-15/h13-16H,3-12,18H2,1-2H3,(H,19,21). The lowest BCUT2D eigenvalue weighted by Crippen LogP contribution is -2.53. The lowest BCUT2D eigenvalue weighted by atomic mass is 9.95. The quantitative estimate of drug-likeness (QED) is 0.790. The molecule has 122 valence electrons. The van der Waals surface area contributed by atoms with Gasteiger partial charge in [-0.15, -0.1) is 0 Å². The first-order chi connectivity index (χ1) is 10.2. The summed E-state index contributed by atoms with van der Waals surface area (Å²) in [4.78, 5) is 15.0. The summed E-state index contributed by atoms with van der Waals surface area (Å²) in [6.07, 6.45) is 9.80. The van der Waals surface area contributed by atoms with Crippen LogP contribution in [-0.2, 0) is 4.79 Å². The van der Waals surface area contributed by atoms with Crippen molar-refractivity contribution in [3.63, 3.8) is 0 Å². The Hall–Kier alpha value is -0.610. The van der Waals surface area contributed by atoms with E-state index >= 15 is 0 Å². The van der Waals surface area contributed by atoms with Gasteiger partial charge in [0.2, 0.25) is 5.91 Å². The molecule has 1 amide bonds. The molecule has 0 aromatic carbocycles. The first-order valence-corrected chi connectivity index (χ1v) is 8.93. The van der Waals surface area contributed by atoms with Crippen LogP contribution in [0.1, 0.15) is 65.2 Å². The molecule has 2 fully saturated rings. The van der Waals surface area contributed by atoms with E-state index < -0.39 is 0 Å². The molecule has 3 N–H and O–H groups in total. The number of hydrogen-bond acceptors (Lipinski definition) is 3. The molecule has 0 saturated heterocycles. The number of nitrogens with one attached hydrogen (secondary N) is 1. The molecule has 0 bridgehead atoms. The molecule has 2 aliphatic carbocycles. The summed E-state index contributed by atoms with van der Waals surface area (Å²) in [6.45, 7) is 5.91. The first kappa shape index (κ1) is 16.8. The molecule has 0 aliphatic heterocycles. The Morgan fingerprint density at radius 2 is 1.90 bits per heavy atom. The van der Waals surface area contributed by atoms with Crippen molar-refractivity contribution in [2.24, 2.45) is 11.7 Å². The second kappa shape index (κ2) is 8.14. The summed E-state index contributed by atoms with van der Waals surface area (Å²) in [6, 6.07) is 0.863.